The van der Waals surface area contributed by atoms with Crippen molar-refractivity contribution in [2.75, 3.05) is 9.38 Å². The number of sulfonamides is 1. The van der Waals surface area contributed by atoms with Crippen LogP contribution in [0.2, 0.25) is 0 Å². The fourth-order valence-corrected chi connectivity index (χ4v) is 1.46. The Bertz CT molecular complexity index is 378. The Labute approximate surface area is 83.4 Å². The number of alkyl halides is 1. The fraction of sp³-hybridized carbons (Fsp3) is 0.167. The Morgan fingerprint density at radius 1 is 1.54 bits per heavy atom. The molecule has 1 heterocycles. The highest BCUT2D eigenvalue weighted by Gasteiger charge is 2.07. The number of pyridine rings is 1. The second-order valence-electron chi connectivity index (χ2n) is 2.19. The van der Waals surface area contributed by atoms with Crippen molar-refractivity contribution in [3.63, 3.8) is 0 Å². The minimum atomic E-state index is -3.40. The summed E-state index contributed by atoms with van der Waals surface area (Å²) in [5.41, 5.74) is 0. The maximum Gasteiger partial charge on any atom is 0.243 e. The monoisotopic (exact) mass is 268 g/mol. The molecule has 1 aromatic rings. The highest BCUT2D eigenvalue weighted by atomic mass is 79.9. The quantitative estimate of drug-likeness (QED) is 0.842. The first-order valence-corrected chi connectivity index (χ1v) is 5.99. The maximum absolute atomic E-state index is 12.4. The second-order valence-corrected chi connectivity index (χ2v) is 5.21. The first-order chi connectivity index (χ1) is 6.03. The molecule has 4 nitrogen and oxygen atoms in total. The molecule has 0 unspecified atom stereocenters. The molecular formula is C6H6BrFN2O2S. The number of anilines is 1. The van der Waals surface area contributed by atoms with Gasteiger partial charge in [0.2, 0.25) is 10.0 Å². The first kappa shape index (κ1) is 10.4. The van der Waals surface area contributed by atoms with Crippen molar-refractivity contribution in [2.45, 2.75) is 0 Å². The van der Waals surface area contributed by atoms with E-state index in [0.29, 0.717) is 0 Å². The molecule has 0 aliphatic heterocycles. The molecule has 0 fully saturated rings. The van der Waals surface area contributed by atoms with Crippen molar-refractivity contribution in [3.05, 3.63) is 24.1 Å². The van der Waals surface area contributed by atoms with Gasteiger partial charge in [-0.05, 0) is 12.1 Å². The molecule has 1 rings (SSSR count). The normalized spacial score (nSPS) is 11.2. The van der Waals surface area contributed by atoms with E-state index < -0.39 is 15.8 Å². The number of nitrogens with zero attached hydrogens (tertiary/aromatic N) is 1. The Kier molecular flexibility index (Phi) is 3.21. The average molecular weight is 269 g/mol. The van der Waals surface area contributed by atoms with E-state index in [1.165, 1.54) is 6.07 Å². The molecule has 0 saturated heterocycles. The summed E-state index contributed by atoms with van der Waals surface area (Å²) in [6.45, 7) is 0. The molecule has 1 aromatic heterocycles. The summed E-state index contributed by atoms with van der Waals surface area (Å²) in [4.78, 5) is 3.53. The molecule has 1 N–H and O–H groups in total. The van der Waals surface area contributed by atoms with Crippen molar-refractivity contribution in [3.8, 4) is 0 Å². The second kappa shape index (κ2) is 4.01. The van der Waals surface area contributed by atoms with Gasteiger partial charge in [0.05, 0.1) is 6.20 Å². The highest BCUT2D eigenvalue weighted by molar-refractivity contribution is 9.10. The third-order valence-corrected chi connectivity index (χ3v) is 3.75. The number of halogens is 2. The lowest BCUT2D eigenvalue weighted by molar-refractivity contribution is 0.605. The van der Waals surface area contributed by atoms with E-state index in [9.17, 15) is 12.8 Å². The number of aromatic nitrogens is 1. The van der Waals surface area contributed by atoms with Crippen LogP contribution in [0, 0.1) is 5.82 Å². The predicted octanol–water partition coefficient (Wildman–Crippen LogP) is 1.31. The van der Waals surface area contributed by atoms with Crippen molar-refractivity contribution >= 4 is 31.8 Å². The van der Waals surface area contributed by atoms with E-state index >= 15 is 0 Å². The zero-order chi connectivity index (χ0) is 9.90. The van der Waals surface area contributed by atoms with Crippen LogP contribution < -0.4 is 4.72 Å². The van der Waals surface area contributed by atoms with E-state index in [-0.39, 0.29) is 10.5 Å². The number of hydrogen-bond donors (Lipinski definition) is 1. The zero-order valence-electron chi connectivity index (χ0n) is 6.37. The van der Waals surface area contributed by atoms with E-state index in [1.54, 1.807) is 0 Å². The predicted molar refractivity (Wildman–Crippen MR) is 50.5 cm³/mol. The maximum atomic E-state index is 12.4. The molecule has 0 amide bonds. The summed E-state index contributed by atoms with van der Waals surface area (Å²) in [5, 5.41) is 0. The molecule has 0 saturated carbocycles. The Balaban J connectivity index is 2.82. The van der Waals surface area contributed by atoms with E-state index in [2.05, 4.69) is 25.6 Å². The van der Waals surface area contributed by atoms with Crippen LogP contribution in [0.5, 0.6) is 0 Å². The largest absolute Gasteiger partial charge is 0.267 e. The van der Waals surface area contributed by atoms with Crippen molar-refractivity contribution < 1.29 is 12.8 Å². The van der Waals surface area contributed by atoms with Gasteiger partial charge in [-0.1, -0.05) is 15.9 Å². The molecule has 0 atom stereocenters. The van der Waals surface area contributed by atoms with Crippen LogP contribution in [0.1, 0.15) is 0 Å². The van der Waals surface area contributed by atoms with Crippen molar-refractivity contribution in [1.82, 2.24) is 4.98 Å². The molecule has 13 heavy (non-hydrogen) atoms. The first-order valence-electron chi connectivity index (χ1n) is 3.21. The van der Waals surface area contributed by atoms with E-state index in [4.69, 9.17) is 0 Å². The minimum absolute atomic E-state index is 0.0980. The van der Waals surface area contributed by atoms with Crippen LogP contribution in [-0.4, -0.2) is 18.1 Å². The van der Waals surface area contributed by atoms with Crippen LogP contribution in [0.15, 0.2) is 18.3 Å². The third kappa shape index (κ3) is 3.27. The van der Waals surface area contributed by atoms with Gasteiger partial charge in [0, 0.05) is 0 Å². The lowest BCUT2D eigenvalue weighted by Gasteiger charge is -2.02. The minimum Gasteiger partial charge on any atom is -0.267 e. The summed E-state index contributed by atoms with van der Waals surface area (Å²) < 4.78 is 36.2. The van der Waals surface area contributed by atoms with Gasteiger partial charge in [0.1, 0.15) is 16.3 Å². The molecule has 0 bridgehead atoms. The van der Waals surface area contributed by atoms with Gasteiger partial charge in [-0.2, -0.15) is 0 Å². The third-order valence-electron chi connectivity index (χ3n) is 1.13. The molecule has 0 spiro atoms. The van der Waals surface area contributed by atoms with Gasteiger partial charge >= 0.3 is 0 Å². The van der Waals surface area contributed by atoms with Gasteiger partial charge in [0.25, 0.3) is 0 Å². The molecule has 0 aromatic carbocycles. The van der Waals surface area contributed by atoms with Gasteiger partial charge in [-0.25, -0.2) is 17.8 Å². The average Bonchev–Trinajstić information content (AvgIpc) is 2.09. The Morgan fingerprint density at radius 2 is 2.23 bits per heavy atom. The highest BCUT2D eigenvalue weighted by Crippen LogP contribution is 2.06. The number of hydrogen-bond acceptors (Lipinski definition) is 3. The van der Waals surface area contributed by atoms with E-state index in [0.717, 1.165) is 12.3 Å². The summed E-state index contributed by atoms with van der Waals surface area (Å²) in [6, 6.07) is 2.37. The van der Waals surface area contributed by atoms with Crippen LogP contribution in [0.25, 0.3) is 0 Å². The molecule has 0 aliphatic rings. The van der Waals surface area contributed by atoms with Crippen LogP contribution in [0.4, 0.5) is 10.2 Å². The van der Waals surface area contributed by atoms with Gasteiger partial charge in [-0.15, -0.1) is 0 Å². The van der Waals surface area contributed by atoms with Gasteiger partial charge < -0.3 is 0 Å². The standard InChI is InChI=1S/C6H6BrFN2O2S/c7-4-13(11,12)10-6-2-1-5(8)3-9-6/h1-3H,4H2,(H,9,10). The smallest absolute Gasteiger partial charge is 0.243 e. The molecule has 72 valence electrons. The Hall–Kier alpha value is -0.690. The molecule has 7 heteroatoms. The summed E-state index contributed by atoms with van der Waals surface area (Å²) in [5.74, 6) is -0.414. The van der Waals surface area contributed by atoms with Gasteiger partial charge in [0.15, 0.2) is 0 Å². The fourth-order valence-electron chi connectivity index (χ4n) is 0.623. The van der Waals surface area contributed by atoms with Crippen LogP contribution >= 0.6 is 15.9 Å². The number of rotatable bonds is 3. The number of nitrogens with one attached hydrogen (secondary N) is 1. The van der Waals surface area contributed by atoms with Crippen molar-refractivity contribution in [2.24, 2.45) is 0 Å². The van der Waals surface area contributed by atoms with Crippen LogP contribution in [-0.2, 0) is 10.0 Å². The summed E-state index contributed by atoms with van der Waals surface area (Å²) in [7, 11) is -3.40. The topological polar surface area (TPSA) is 59.1 Å². The molecule has 0 radical (unpaired) electrons. The molecule has 0 aliphatic carbocycles. The Morgan fingerprint density at radius 3 is 2.69 bits per heavy atom. The molecular weight excluding hydrogens is 263 g/mol. The SMILES string of the molecule is O=S(=O)(CBr)Nc1ccc(F)cn1. The summed E-state index contributed by atoms with van der Waals surface area (Å²) in [6.07, 6.45) is 0.937. The van der Waals surface area contributed by atoms with Gasteiger partial charge in [-0.3, -0.25) is 4.72 Å². The lowest BCUT2D eigenvalue weighted by Crippen LogP contribution is -2.14. The van der Waals surface area contributed by atoms with Crippen molar-refractivity contribution in [1.29, 1.82) is 0 Å². The zero-order valence-corrected chi connectivity index (χ0v) is 8.77. The summed E-state index contributed by atoms with van der Waals surface area (Å²) >= 11 is 2.79. The van der Waals surface area contributed by atoms with Crippen LogP contribution in [0.3, 0.4) is 0 Å². The lowest BCUT2D eigenvalue weighted by atomic mass is 10.5. The van der Waals surface area contributed by atoms with E-state index in [1.807, 2.05) is 0 Å².